The highest BCUT2D eigenvalue weighted by molar-refractivity contribution is 7.17. The molecule has 0 fully saturated rings. The molecular formula is C13H12F5N3OS. The first-order valence-corrected chi connectivity index (χ1v) is 7.16. The molecule has 0 bridgehead atoms. The van der Waals surface area contributed by atoms with E-state index in [-0.39, 0.29) is 16.3 Å². The first kappa shape index (κ1) is 17.4. The average molecular weight is 353 g/mol. The lowest BCUT2D eigenvalue weighted by molar-refractivity contribution is -0.123. The quantitative estimate of drug-likeness (QED) is 0.855. The minimum Gasteiger partial charge on any atom is -0.342 e. The maximum atomic E-state index is 13.4. The second-order valence-corrected chi connectivity index (χ2v) is 5.97. The van der Waals surface area contributed by atoms with Crippen LogP contribution in [0.2, 0.25) is 0 Å². The third-order valence-electron chi connectivity index (χ3n) is 2.86. The minimum absolute atomic E-state index is 0.0414. The number of carbonyl (C=O) groups excluding carboxylic acids is 1. The molecule has 2 rings (SSSR count). The summed E-state index contributed by atoms with van der Waals surface area (Å²) in [6, 6.07) is 3.96. The second kappa shape index (κ2) is 5.91. The van der Waals surface area contributed by atoms with Crippen molar-refractivity contribution in [3.8, 4) is 10.6 Å². The Bertz CT molecular complexity index is 714. The van der Waals surface area contributed by atoms with Crippen molar-refractivity contribution in [2.45, 2.75) is 19.0 Å². The molecule has 2 aromatic heterocycles. The van der Waals surface area contributed by atoms with Crippen LogP contribution in [0.1, 0.15) is 22.3 Å². The molecule has 4 nitrogen and oxygen atoms in total. The SMILES string of the molecule is Cn1nc(-c2ccc(C(=O)NCC(F)(F)F)s2)cc1C(C)(F)F. The Balaban J connectivity index is 2.18. The van der Waals surface area contributed by atoms with Crippen molar-refractivity contribution in [1.29, 1.82) is 0 Å². The van der Waals surface area contributed by atoms with Crippen molar-refractivity contribution in [2.24, 2.45) is 7.05 Å². The lowest BCUT2D eigenvalue weighted by Crippen LogP contribution is -2.33. The van der Waals surface area contributed by atoms with Crippen molar-refractivity contribution in [3.05, 3.63) is 28.8 Å². The highest BCUT2D eigenvalue weighted by Gasteiger charge is 2.30. The van der Waals surface area contributed by atoms with E-state index in [0.717, 1.165) is 22.9 Å². The van der Waals surface area contributed by atoms with Gasteiger partial charge < -0.3 is 5.32 Å². The molecule has 2 heterocycles. The summed E-state index contributed by atoms with van der Waals surface area (Å²) >= 11 is 0.877. The van der Waals surface area contributed by atoms with Crippen LogP contribution in [0, 0.1) is 0 Å². The number of aryl methyl sites for hydroxylation is 1. The molecule has 126 valence electrons. The second-order valence-electron chi connectivity index (χ2n) is 4.89. The number of nitrogens with zero attached hydrogens (tertiary/aromatic N) is 2. The largest absolute Gasteiger partial charge is 0.405 e. The molecule has 2 aromatic rings. The summed E-state index contributed by atoms with van der Waals surface area (Å²) in [4.78, 5) is 12.1. The molecule has 0 aliphatic heterocycles. The van der Waals surface area contributed by atoms with Gasteiger partial charge >= 0.3 is 6.18 Å². The summed E-state index contributed by atoms with van der Waals surface area (Å²) < 4.78 is 63.9. The normalized spacial score (nSPS) is 12.5. The molecule has 23 heavy (non-hydrogen) atoms. The van der Waals surface area contributed by atoms with Crippen LogP contribution in [0.25, 0.3) is 10.6 Å². The Morgan fingerprint density at radius 3 is 2.48 bits per heavy atom. The molecule has 0 atom stereocenters. The molecule has 0 aromatic carbocycles. The van der Waals surface area contributed by atoms with Crippen molar-refractivity contribution < 1.29 is 26.7 Å². The summed E-state index contributed by atoms with van der Waals surface area (Å²) in [6.45, 7) is -0.701. The molecule has 0 saturated carbocycles. The third kappa shape index (κ3) is 4.27. The van der Waals surface area contributed by atoms with E-state index in [1.807, 2.05) is 0 Å². The maximum Gasteiger partial charge on any atom is 0.405 e. The van der Waals surface area contributed by atoms with Gasteiger partial charge in [0.15, 0.2) is 0 Å². The molecule has 0 aliphatic carbocycles. The molecule has 10 heteroatoms. The first-order chi connectivity index (χ1) is 10.5. The number of thiophene rings is 1. The number of rotatable bonds is 4. The van der Waals surface area contributed by atoms with E-state index in [1.54, 1.807) is 5.32 Å². The van der Waals surface area contributed by atoms with E-state index in [4.69, 9.17) is 0 Å². The predicted octanol–water partition coefficient (Wildman–Crippen LogP) is 3.55. The van der Waals surface area contributed by atoms with Crippen LogP contribution in [0.5, 0.6) is 0 Å². The number of aromatic nitrogens is 2. The smallest absolute Gasteiger partial charge is 0.342 e. The fourth-order valence-corrected chi connectivity index (χ4v) is 2.74. The van der Waals surface area contributed by atoms with E-state index >= 15 is 0 Å². The lowest BCUT2D eigenvalue weighted by atomic mass is 10.2. The van der Waals surface area contributed by atoms with Crippen LogP contribution >= 0.6 is 11.3 Å². The zero-order valence-corrected chi connectivity index (χ0v) is 12.9. The number of nitrogens with one attached hydrogen (secondary N) is 1. The standard InChI is InChI=1S/C13H12F5N3OS/c1-12(14,15)10-5-7(20-21(10)2)8-3-4-9(23-8)11(22)19-6-13(16,17)18/h3-5H,6H2,1-2H3,(H,19,22). The fourth-order valence-electron chi connectivity index (χ4n) is 1.86. The summed E-state index contributed by atoms with van der Waals surface area (Å²) in [7, 11) is 1.36. The van der Waals surface area contributed by atoms with Crippen LogP contribution in [0.3, 0.4) is 0 Å². The maximum absolute atomic E-state index is 13.4. The topological polar surface area (TPSA) is 46.9 Å². The molecular weight excluding hydrogens is 341 g/mol. The number of hydrogen-bond acceptors (Lipinski definition) is 3. The number of carbonyl (C=O) groups is 1. The van der Waals surface area contributed by atoms with Crippen LogP contribution in [0.15, 0.2) is 18.2 Å². The summed E-state index contributed by atoms with van der Waals surface area (Å²) in [5.74, 6) is -3.96. The Kier molecular flexibility index (Phi) is 4.47. The van der Waals surface area contributed by atoms with Gasteiger partial charge in [-0.05, 0) is 18.2 Å². The van der Waals surface area contributed by atoms with Gasteiger partial charge in [-0.3, -0.25) is 9.48 Å². The fraction of sp³-hybridized carbons (Fsp3) is 0.385. The first-order valence-electron chi connectivity index (χ1n) is 6.35. The predicted molar refractivity (Wildman–Crippen MR) is 74.5 cm³/mol. The molecule has 0 saturated heterocycles. The van der Waals surface area contributed by atoms with Crippen molar-refractivity contribution in [3.63, 3.8) is 0 Å². The molecule has 0 radical (unpaired) electrons. The van der Waals surface area contributed by atoms with E-state index < -0.39 is 24.6 Å². The Labute approximate surface area is 131 Å². The number of amides is 1. The van der Waals surface area contributed by atoms with Crippen molar-refractivity contribution in [1.82, 2.24) is 15.1 Å². The van der Waals surface area contributed by atoms with E-state index in [0.29, 0.717) is 4.88 Å². The lowest BCUT2D eigenvalue weighted by Gasteiger charge is -2.08. The van der Waals surface area contributed by atoms with E-state index in [1.165, 1.54) is 25.2 Å². The van der Waals surface area contributed by atoms with Gasteiger partial charge in [0.1, 0.15) is 17.9 Å². The molecule has 0 unspecified atom stereocenters. The summed E-state index contributed by atoms with van der Waals surface area (Å²) in [5, 5.41) is 5.69. The Morgan fingerprint density at radius 1 is 1.30 bits per heavy atom. The average Bonchev–Trinajstić information content (AvgIpc) is 3.00. The van der Waals surface area contributed by atoms with Crippen LogP contribution in [0.4, 0.5) is 22.0 Å². The minimum atomic E-state index is -4.50. The van der Waals surface area contributed by atoms with E-state index in [2.05, 4.69) is 5.10 Å². The third-order valence-corrected chi connectivity index (χ3v) is 3.97. The van der Waals surface area contributed by atoms with Crippen molar-refractivity contribution >= 4 is 17.2 Å². The molecule has 1 N–H and O–H groups in total. The van der Waals surface area contributed by atoms with Gasteiger partial charge in [-0.1, -0.05) is 0 Å². The monoisotopic (exact) mass is 353 g/mol. The summed E-state index contributed by atoms with van der Waals surface area (Å²) in [5.41, 5.74) is -0.0760. The van der Waals surface area contributed by atoms with E-state index in [9.17, 15) is 26.7 Å². The van der Waals surface area contributed by atoms with Gasteiger partial charge in [0.05, 0.1) is 9.75 Å². The molecule has 0 spiro atoms. The van der Waals surface area contributed by atoms with Gasteiger partial charge in [0, 0.05) is 14.0 Å². The van der Waals surface area contributed by atoms with Gasteiger partial charge in [0.25, 0.3) is 11.8 Å². The Morgan fingerprint density at radius 2 is 1.96 bits per heavy atom. The number of halogens is 5. The van der Waals surface area contributed by atoms with Crippen LogP contribution < -0.4 is 5.32 Å². The Hall–Kier alpha value is -1.97. The number of hydrogen-bond donors (Lipinski definition) is 1. The number of alkyl halides is 5. The highest BCUT2D eigenvalue weighted by atomic mass is 32.1. The molecule has 0 aliphatic rings. The van der Waals surface area contributed by atoms with Crippen LogP contribution in [-0.4, -0.2) is 28.4 Å². The van der Waals surface area contributed by atoms with Gasteiger partial charge in [-0.15, -0.1) is 11.3 Å². The zero-order valence-electron chi connectivity index (χ0n) is 12.0. The zero-order chi connectivity index (χ0) is 17.4. The van der Waals surface area contributed by atoms with Gasteiger partial charge in [-0.25, -0.2) is 0 Å². The van der Waals surface area contributed by atoms with Gasteiger partial charge in [-0.2, -0.15) is 27.1 Å². The highest BCUT2D eigenvalue weighted by Crippen LogP contribution is 2.33. The van der Waals surface area contributed by atoms with Crippen molar-refractivity contribution in [2.75, 3.05) is 6.54 Å². The molecule has 1 amide bonds. The van der Waals surface area contributed by atoms with Gasteiger partial charge in [0.2, 0.25) is 0 Å². The summed E-state index contributed by atoms with van der Waals surface area (Å²) in [6.07, 6.45) is -4.50. The van der Waals surface area contributed by atoms with Crippen LogP contribution in [-0.2, 0) is 13.0 Å².